The number of halogens is 1. The minimum atomic E-state index is -0.567. The number of fused-ring (bicyclic) bond motifs is 1. The van der Waals surface area contributed by atoms with Crippen molar-refractivity contribution in [3.63, 3.8) is 0 Å². The van der Waals surface area contributed by atoms with E-state index in [9.17, 15) is 9.59 Å². The summed E-state index contributed by atoms with van der Waals surface area (Å²) in [5, 5.41) is 7.91. The summed E-state index contributed by atoms with van der Waals surface area (Å²) in [7, 11) is 3.91. The van der Waals surface area contributed by atoms with Gasteiger partial charge in [-0.05, 0) is 51.6 Å². The van der Waals surface area contributed by atoms with Crippen molar-refractivity contribution in [1.82, 2.24) is 24.8 Å². The molecule has 0 saturated carbocycles. The summed E-state index contributed by atoms with van der Waals surface area (Å²) < 4.78 is 1.60. The molecule has 8 nitrogen and oxygen atoms in total. The van der Waals surface area contributed by atoms with Gasteiger partial charge in [-0.15, -0.1) is 0 Å². The predicted molar refractivity (Wildman–Crippen MR) is 120 cm³/mol. The number of carbonyl (C=O) groups excluding carboxylic acids is 2. The molecule has 31 heavy (non-hydrogen) atoms. The number of primary amides is 1. The highest BCUT2D eigenvalue weighted by Crippen LogP contribution is 2.25. The number of aryl methyl sites for hydroxylation is 2. The molecule has 0 aliphatic heterocycles. The summed E-state index contributed by atoms with van der Waals surface area (Å²) in [6.07, 6.45) is 2.24. The lowest BCUT2D eigenvalue weighted by Gasteiger charge is -2.26. The number of hydrogen-bond acceptors (Lipinski definition) is 5. The molecule has 164 valence electrons. The third-order valence-electron chi connectivity index (χ3n) is 5.46. The molecule has 1 unspecified atom stereocenters. The molecule has 3 rings (SSSR count). The van der Waals surface area contributed by atoms with E-state index in [1.54, 1.807) is 4.52 Å². The van der Waals surface area contributed by atoms with E-state index in [0.717, 1.165) is 22.5 Å². The van der Waals surface area contributed by atoms with Crippen molar-refractivity contribution < 1.29 is 9.59 Å². The van der Waals surface area contributed by atoms with Crippen molar-refractivity contribution in [2.24, 2.45) is 5.73 Å². The summed E-state index contributed by atoms with van der Waals surface area (Å²) in [5.74, 6) is -0.626. The largest absolute Gasteiger partial charge is 0.365 e. The fourth-order valence-corrected chi connectivity index (χ4v) is 3.96. The van der Waals surface area contributed by atoms with Crippen LogP contribution < -0.4 is 11.1 Å². The zero-order valence-corrected chi connectivity index (χ0v) is 18.9. The van der Waals surface area contributed by atoms with E-state index in [1.165, 1.54) is 6.20 Å². The number of aromatic nitrogens is 3. The SMILES string of the molecule is Cc1nc2c(C(N)=O)cnn2c(C)c1CCC(=O)NCC(c1ccccc1Cl)N(C)C. The van der Waals surface area contributed by atoms with E-state index in [-0.39, 0.29) is 17.5 Å². The third-order valence-corrected chi connectivity index (χ3v) is 5.80. The van der Waals surface area contributed by atoms with Gasteiger partial charge < -0.3 is 16.0 Å². The number of nitrogens with two attached hydrogens (primary N) is 1. The van der Waals surface area contributed by atoms with Crippen molar-refractivity contribution in [2.75, 3.05) is 20.6 Å². The zero-order chi connectivity index (χ0) is 22.7. The van der Waals surface area contributed by atoms with Gasteiger partial charge in [-0.1, -0.05) is 29.8 Å². The van der Waals surface area contributed by atoms with Crippen molar-refractivity contribution in [2.45, 2.75) is 32.7 Å². The molecule has 0 aliphatic carbocycles. The smallest absolute Gasteiger partial charge is 0.254 e. The minimum absolute atomic E-state index is 0.0320. The molecule has 3 aromatic rings. The van der Waals surface area contributed by atoms with Gasteiger partial charge in [-0.2, -0.15) is 5.10 Å². The molecule has 0 radical (unpaired) electrons. The average Bonchev–Trinajstić information content (AvgIpc) is 3.13. The normalized spacial score (nSPS) is 12.3. The molecular weight excluding hydrogens is 416 g/mol. The van der Waals surface area contributed by atoms with Gasteiger partial charge >= 0.3 is 0 Å². The fourth-order valence-electron chi connectivity index (χ4n) is 3.70. The minimum Gasteiger partial charge on any atom is -0.365 e. The molecule has 2 aromatic heterocycles. The Bertz CT molecular complexity index is 1120. The van der Waals surface area contributed by atoms with Crippen LogP contribution in [0.5, 0.6) is 0 Å². The highest BCUT2D eigenvalue weighted by atomic mass is 35.5. The number of nitrogens with zero attached hydrogens (tertiary/aromatic N) is 4. The Hall–Kier alpha value is -2.97. The Morgan fingerprint density at radius 2 is 1.97 bits per heavy atom. The predicted octanol–water partition coefficient (Wildman–Crippen LogP) is 2.45. The van der Waals surface area contributed by atoms with Crippen LogP contribution in [-0.2, 0) is 11.2 Å². The van der Waals surface area contributed by atoms with Crippen LogP contribution in [0, 0.1) is 13.8 Å². The summed E-state index contributed by atoms with van der Waals surface area (Å²) in [4.78, 5) is 30.7. The highest BCUT2D eigenvalue weighted by Gasteiger charge is 2.19. The second kappa shape index (κ2) is 9.45. The maximum absolute atomic E-state index is 12.6. The Balaban J connectivity index is 1.69. The maximum atomic E-state index is 12.6. The van der Waals surface area contributed by atoms with Gasteiger partial charge in [0.1, 0.15) is 5.56 Å². The van der Waals surface area contributed by atoms with Crippen LogP contribution in [0.15, 0.2) is 30.5 Å². The second-order valence-corrected chi connectivity index (χ2v) is 8.13. The topological polar surface area (TPSA) is 106 Å². The maximum Gasteiger partial charge on any atom is 0.254 e. The standard InChI is InChI=1S/C22H27ClN6O2/c1-13-15(14(2)29-22(27-13)17(11-26-29)21(24)31)9-10-20(30)25-12-19(28(3)4)16-7-5-6-8-18(16)23/h5-8,11,19H,9-10,12H2,1-4H3,(H2,24,31)(H,25,30). The molecule has 2 amide bonds. The third kappa shape index (κ3) is 4.86. The van der Waals surface area contributed by atoms with E-state index in [2.05, 4.69) is 15.4 Å². The summed E-state index contributed by atoms with van der Waals surface area (Å²) >= 11 is 6.34. The zero-order valence-electron chi connectivity index (χ0n) is 18.1. The van der Waals surface area contributed by atoms with Crippen LogP contribution in [0.25, 0.3) is 5.65 Å². The lowest BCUT2D eigenvalue weighted by atomic mass is 10.0. The lowest BCUT2D eigenvalue weighted by Crippen LogP contribution is -2.34. The molecule has 9 heteroatoms. The van der Waals surface area contributed by atoms with Crippen molar-refractivity contribution in [3.05, 3.63) is 63.6 Å². The fraction of sp³-hybridized carbons (Fsp3) is 0.364. The van der Waals surface area contributed by atoms with E-state index >= 15 is 0 Å². The number of nitrogens with one attached hydrogen (secondary N) is 1. The first kappa shape index (κ1) is 22.7. The molecule has 2 heterocycles. The van der Waals surface area contributed by atoms with Crippen LogP contribution in [0.4, 0.5) is 0 Å². The summed E-state index contributed by atoms with van der Waals surface area (Å²) in [6.45, 7) is 4.20. The van der Waals surface area contributed by atoms with E-state index in [1.807, 2.05) is 57.1 Å². The Morgan fingerprint density at radius 1 is 1.26 bits per heavy atom. The number of hydrogen-bond donors (Lipinski definition) is 2. The van der Waals surface area contributed by atoms with E-state index in [0.29, 0.717) is 30.1 Å². The van der Waals surface area contributed by atoms with Crippen LogP contribution in [0.1, 0.15) is 45.3 Å². The van der Waals surface area contributed by atoms with Gasteiger partial charge in [0, 0.05) is 29.4 Å². The first-order chi connectivity index (χ1) is 14.7. The van der Waals surface area contributed by atoms with Gasteiger partial charge in [-0.25, -0.2) is 9.50 Å². The first-order valence-corrected chi connectivity index (χ1v) is 10.4. The molecule has 0 saturated heterocycles. The van der Waals surface area contributed by atoms with Crippen LogP contribution in [-0.4, -0.2) is 52.0 Å². The van der Waals surface area contributed by atoms with Gasteiger partial charge in [0.05, 0.1) is 12.2 Å². The Kier molecular flexibility index (Phi) is 6.92. The number of likely N-dealkylation sites (N-methyl/N-ethyl adjacent to an activating group) is 1. The molecule has 0 spiro atoms. The molecule has 0 aliphatic rings. The molecular formula is C22H27ClN6O2. The molecule has 0 fully saturated rings. The van der Waals surface area contributed by atoms with Crippen LogP contribution in [0.3, 0.4) is 0 Å². The quantitative estimate of drug-likeness (QED) is 0.557. The van der Waals surface area contributed by atoms with Gasteiger partial charge in [0.15, 0.2) is 5.65 Å². The summed E-state index contributed by atoms with van der Waals surface area (Å²) in [6, 6.07) is 7.61. The number of amides is 2. The van der Waals surface area contributed by atoms with Gasteiger partial charge in [-0.3, -0.25) is 9.59 Å². The van der Waals surface area contributed by atoms with E-state index < -0.39 is 5.91 Å². The molecule has 1 atom stereocenters. The van der Waals surface area contributed by atoms with E-state index in [4.69, 9.17) is 17.3 Å². The monoisotopic (exact) mass is 442 g/mol. The number of benzene rings is 1. The Morgan fingerprint density at radius 3 is 2.61 bits per heavy atom. The van der Waals surface area contributed by atoms with Crippen molar-refractivity contribution >= 4 is 29.1 Å². The average molecular weight is 443 g/mol. The summed E-state index contributed by atoms with van der Waals surface area (Å²) in [5.41, 5.74) is 9.60. The van der Waals surface area contributed by atoms with Crippen molar-refractivity contribution in [3.8, 4) is 0 Å². The highest BCUT2D eigenvalue weighted by molar-refractivity contribution is 6.31. The second-order valence-electron chi connectivity index (χ2n) is 7.72. The molecule has 1 aromatic carbocycles. The van der Waals surface area contributed by atoms with Gasteiger partial charge in [0.2, 0.25) is 5.91 Å². The lowest BCUT2D eigenvalue weighted by molar-refractivity contribution is -0.121. The molecule has 0 bridgehead atoms. The van der Waals surface area contributed by atoms with Crippen LogP contribution >= 0.6 is 11.6 Å². The first-order valence-electron chi connectivity index (χ1n) is 10.0. The van der Waals surface area contributed by atoms with Crippen LogP contribution in [0.2, 0.25) is 5.02 Å². The number of rotatable bonds is 8. The number of carbonyl (C=O) groups is 2. The molecule has 3 N–H and O–H groups in total. The van der Waals surface area contributed by atoms with Crippen molar-refractivity contribution in [1.29, 1.82) is 0 Å². The van der Waals surface area contributed by atoms with Gasteiger partial charge in [0.25, 0.3) is 5.91 Å². The Labute approximate surface area is 186 Å².